The zero-order valence-corrected chi connectivity index (χ0v) is 24.2. The molecular weight excluding hydrogens is 544 g/mol. The Morgan fingerprint density at radius 2 is 1.88 bits per heavy atom. The van der Waals surface area contributed by atoms with E-state index in [0.29, 0.717) is 41.7 Å². The summed E-state index contributed by atoms with van der Waals surface area (Å²) < 4.78 is 28.7. The third-order valence-electron chi connectivity index (χ3n) is 8.17. The average Bonchev–Trinajstić information content (AvgIpc) is 3.76. The van der Waals surface area contributed by atoms with E-state index in [1.165, 1.54) is 17.8 Å². The standard InChI is InChI=1S/C28H32N8O2S2/c1-3-34-16-21-13-20(34)17-36(21)28-30-18(2)11-26(33-28)32-25-14-23-24(15-29-25)39-27(31-23)19-7-6-8-22(12-19)40(37,38)35-9-4-5-10-35/h6-8,11-12,14-15,20-21H,3-5,9-10,13,16-17H2,1-2H3,(H,29,30,32,33)/t20-,21-/m0/s1. The fourth-order valence-corrected chi connectivity index (χ4v) is 8.63. The van der Waals surface area contributed by atoms with Gasteiger partial charge in [0, 0.05) is 67.8 Å². The van der Waals surface area contributed by atoms with Crippen molar-refractivity contribution in [1.82, 2.24) is 29.1 Å². The molecule has 0 aliphatic carbocycles. The van der Waals surface area contributed by atoms with E-state index in [1.54, 1.807) is 28.7 Å². The van der Waals surface area contributed by atoms with Gasteiger partial charge >= 0.3 is 0 Å². The lowest BCUT2D eigenvalue weighted by atomic mass is 10.2. The van der Waals surface area contributed by atoms with Crippen molar-refractivity contribution in [2.75, 3.05) is 42.9 Å². The molecule has 0 spiro atoms. The van der Waals surface area contributed by atoms with E-state index < -0.39 is 10.0 Å². The first-order chi connectivity index (χ1) is 19.4. The summed E-state index contributed by atoms with van der Waals surface area (Å²) in [6.07, 6.45) is 4.79. The highest BCUT2D eigenvalue weighted by atomic mass is 32.2. The van der Waals surface area contributed by atoms with Crippen molar-refractivity contribution in [3.8, 4) is 10.6 Å². The first kappa shape index (κ1) is 25.8. The van der Waals surface area contributed by atoms with Gasteiger partial charge in [0.15, 0.2) is 0 Å². The van der Waals surface area contributed by atoms with Crippen LogP contribution in [0.4, 0.5) is 17.6 Å². The van der Waals surface area contributed by atoms with Crippen LogP contribution in [-0.2, 0) is 10.0 Å². The number of nitrogens with zero attached hydrogens (tertiary/aromatic N) is 7. The predicted molar refractivity (Wildman–Crippen MR) is 158 cm³/mol. The lowest BCUT2D eigenvalue weighted by molar-refractivity contribution is 0.250. The number of rotatable bonds is 7. The molecule has 208 valence electrons. The van der Waals surface area contributed by atoms with Crippen LogP contribution in [0.15, 0.2) is 47.5 Å². The summed E-state index contributed by atoms with van der Waals surface area (Å²) in [5.74, 6) is 2.13. The minimum atomic E-state index is -3.49. The molecule has 2 bridgehead atoms. The maximum Gasteiger partial charge on any atom is 0.243 e. The normalized spacial score (nSPS) is 21.6. The van der Waals surface area contributed by atoms with Crippen LogP contribution in [0, 0.1) is 6.92 Å². The smallest absolute Gasteiger partial charge is 0.243 e. The highest BCUT2D eigenvalue weighted by Gasteiger charge is 2.43. The molecule has 0 unspecified atom stereocenters. The van der Waals surface area contributed by atoms with Crippen molar-refractivity contribution in [3.05, 3.63) is 48.3 Å². The Morgan fingerprint density at radius 1 is 1.02 bits per heavy atom. The number of hydrogen-bond donors (Lipinski definition) is 1. The summed E-state index contributed by atoms with van der Waals surface area (Å²) in [6.45, 7) is 8.50. The van der Waals surface area contributed by atoms with E-state index >= 15 is 0 Å². The topological polar surface area (TPSA) is 107 Å². The molecule has 3 aliphatic rings. The van der Waals surface area contributed by atoms with Gasteiger partial charge in [-0.15, -0.1) is 11.3 Å². The number of piperazine rings is 1. The lowest BCUT2D eigenvalue weighted by Gasteiger charge is -2.33. The Labute approximate surface area is 238 Å². The monoisotopic (exact) mass is 576 g/mol. The van der Waals surface area contributed by atoms with Crippen molar-refractivity contribution in [2.45, 2.75) is 50.1 Å². The molecule has 3 aliphatic heterocycles. The third kappa shape index (κ3) is 4.62. The minimum Gasteiger partial charge on any atom is -0.335 e. The molecule has 3 saturated heterocycles. The molecule has 40 heavy (non-hydrogen) atoms. The maximum absolute atomic E-state index is 13.1. The first-order valence-corrected chi connectivity index (χ1v) is 16.1. The number of likely N-dealkylation sites (tertiary alicyclic amines) is 1. The zero-order chi connectivity index (χ0) is 27.4. The van der Waals surface area contributed by atoms with Crippen LogP contribution in [-0.4, -0.2) is 82.4 Å². The molecule has 10 nitrogen and oxygen atoms in total. The highest BCUT2D eigenvalue weighted by molar-refractivity contribution is 7.89. The van der Waals surface area contributed by atoms with E-state index in [9.17, 15) is 8.42 Å². The Balaban J connectivity index is 1.12. The molecule has 0 radical (unpaired) electrons. The number of likely N-dealkylation sites (N-methyl/N-ethyl adjacent to an activating group) is 1. The maximum atomic E-state index is 13.1. The van der Waals surface area contributed by atoms with E-state index in [4.69, 9.17) is 15.0 Å². The van der Waals surface area contributed by atoms with Crippen LogP contribution in [0.25, 0.3) is 20.8 Å². The second kappa shape index (κ2) is 10.0. The fourth-order valence-electron chi connectivity index (χ4n) is 6.15. The number of pyridine rings is 1. The Morgan fingerprint density at radius 3 is 2.65 bits per heavy atom. The summed E-state index contributed by atoms with van der Waals surface area (Å²) in [5.41, 5.74) is 2.49. The number of aryl methyl sites for hydroxylation is 1. The van der Waals surface area contributed by atoms with Gasteiger partial charge in [0.2, 0.25) is 16.0 Å². The fraction of sp³-hybridized carbons (Fsp3) is 0.429. The van der Waals surface area contributed by atoms with E-state index in [0.717, 1.165) is 64.9 Å². The molecule has 0 saturated carbocycles. The van der Waals surface area contributed by atoms with E-state index in [1.807, 2.05) is 25.1 Å². The van der Waals surface area contributed by atoms with Crippen LogP contribution in [0.5, 0.6) is 0 Å². The highest BCUT2D eigenvalue weighted by Crippen LogP contribution is 2.35. The number of nitrogens with one attached hydrogen (secondary N) is 1. The zero-order valence-electron chi connectivity index (χ0n) is 22.6. The molecule has 0 amide bonds. The molecular formula is C28H32N8O2S2. The average molecular weight is 577 g/mol. The van der Waals surface area contributed by atoms with Gasteiger partial charge in [-0.2, -0.15) is 9.29 Å². The van der Waals surface area contributed by atoms with Gasteiger partial charge in [-0.25, -0.2) is 23.4 Å². The van der Waals surface area contributed by atoms with Crippen LogP contribution < -0.4 is 10.2 Å². The van der Waals surface area contributed by atoms with Crippen molar-refractivity contribution < 1.29 is 8.42 Å². The van der Waals surface area contributed by atoms with Crippen molar-refractivity contribution in [1.29, 1.82) is 0 Å². The van der Waals surface area contributed by atoms with Gasteiger partial charge in [0.1, 0.15) is 16.6 Å². The summed E-state index contributed by atoms with van der Waals surface area (Å²) in [7, 11) is -3.49. The van der Waals surface area contributed by atoms with Gasteiger partial charge in [0.05, 0.1) is 15.1 Å². The summed E-state index contributed by atoms with van der Waals surface area (Å²) in [4.78, 5) is 24.2. The van der Waals surface area contributed by atoms with E-state index in [2.05, 4.69) is 27.0 Å². The molecule has 2 atom stereocenters. The summed E-state index contributed by atoms with van der Waals surface area (Å²) in [5, 5.41) is 4.12. The molecule has 1 aromatic carbocycles. The van der Waals surface area contributed by atoms with Crippen molar-refractivity contribution in [3.63, 3.8) is 0 Å². The lowest BCUT2D eigenvalue weighted by Crippen LogP contribution is -2.46. The molecule has 7 rings (SSSR count). The summed E-state index contributed by atoms with van der Waals surface area (Å²) >= 11 is 1.50. The van der Waals surface area contributed by atoms with Crippen LogP contribution >= 0.6 is 11.3 Å². The van der Waals surface area contributed by atoms with Gasteiger partial charge in [-0.3, -0.25) is 4.90 Å². The van der Waals surface area contributed by atoms with Gasteiger partial charge in [-0.1, -0.05) is 19.1 Å². The van der Waals surface area contributed by atoms with Crippen molar-refractivity contribution >= 4 is 49.2 Å². The second-order valence-electron chi connectivity index (χ2n) is 10.8. The Kier molecular flexibility index (Phi) is 6.45. The molecule has 12 heteroatoms. The number of sulfonamides is 1. The van der Waals surface area contributed by atoms with Gasteiger partial charge < -0.3 is 10.2 Å². The number of aromatic nitrogens is 4. The van der Waals surface area contributed by atoms with Crippen LogP contribution in [0.2, 0.25) is 0 Å². The minimum absolute atomic E-state index is 0.315. The first-order valence-electron chi connectivity index (χ1n) is 13.9. The van der Waals surface area contributed by atoms with Gasteiger partial charge in [-0.05, 0) is 44.9 Å². The number of benzene rings is 1. The second-order valence-corrected chi connectivity index (χ2v) is 13.8. The Bertz CT molecular complexity index is 1680. The molecule has 4 aromatic rings. The van der Waals surface area contributed by atoms with Crippen molar-refractivity contribution in [2.24, 2.45) is 0 Å². The SMILES string of the molecule is CCN1C[C@@H]2C[C@H]1CN2c1nc(C)cc(Nc2cc3nc(-c4cccc(S(=O)(=O)N5CCCC5)c4)sc3cn2)n1. The van der Waals surface area contributed by atoms with E-state index in [-0.39, 0.29) is 0 Å². The third-order valence-corrected chi connectivity index (χ3v) is 11.1. The van der Waals surface area contributed by atoms with Crippen LogP contribution in [0.3, 0.4) is 0 Å². The quantitative estimate of drug-likeness (QED) is 0.345. The molecule has 3 fully saturated rings. The number of fused-ring (bicyclic) bond motifs is 3. The van der Waals surface area contributed by atoms with Crippen LogP contribution in [0.1, 0.15) is 31.9 Å². The number of thiazole rings is 1. The molecule has 3 aromatic heterocycles. The summed E-state index contributed by atoms with van der Waals surface area (Å²) in [6, 6.07) is 12.0. The largest absolute Gasteiger partial charge is 0.335 e. The van der Waals surface area contributed by atoms with Gasteiger partial charge in [0.25, 0.3) is 0 Å². The predicted octanol–water partition coefficient (Wildman–Crippen LogP) is 4.27. The number of anilines is 3. The molecule has 1 N–H and O–H groups in total. The number of hydrogen-bond acceptors (Lipinski definition) is 10. The molecule has 6 heterocycles. The Hall–Kier alpha value is -3.19.